The molecule has 0 aromatic heterocycles. The van der Waals surface area contributed by atoms with E-state index in [0.29, 0.717) is 13.1 Å². The van der Waals surface area contributed by atoms with Gasteiger partial charge in [-0.2, -0.15) is 0 Å². The van der Waals surface area contributed by atoms with Crippen LogP contribution in [0.5, 0.6) is 0 Å². The lowest BCUT2D eigenvalue weighted by Gasteiger charge is -2.35. The number of benzene rings is 1. The summed E-state index contributed by atoms with van der Waals surface area (Å²) >= 11 is 3.42. The number of ether oxygens (including phenoxy) is 1. The number of amides is 2. The van der Waals surface area contributed by atoms with Gasteiger partial charge in [-0.15, -0.1) is 0 Å². The van der Waals surface area contributed by atoms with Crippen molar-refractivity contribution in [3.63, 3.8) is 0 Å². The highest BCUT2D eigenvalue weighted by molar-refractivity contribution is 9.10. The van der Waals surface area contributed by atoms with Crippen molar-refractivity contribution < 1.29 is 9.53 Å². The van der Waals surface area contributed by atoms with Crippen LogP contribution in [0.15, 0.2) is 22.7 Å². The second-order valence-electron chi connectivity index (χ2n) is 5.05. The summed E-state index contributed by atoms with van der Waals surface area (Å²) in [7, 11) is 0. The first-order valence-corrected chi connectivity index (χ1v) is 7.22. The van der Waals surface area contributed by atoms with Crippen molar-refractivity contribution in [2.45, 2.75) is 33.0 Å². The lowest BCUT2D eigenvalue weighted by atomic mass is 10.2. The normalized spacial score (nSPS) is 23.3. The van der Waals surface area contributed by atoms with Crippen molar-refractivity contribution in [1.29, 1.82) is 0 Å². The van der Waals surface area contributed by atoms with Crippen LogP contribution in [-0.4, -0.2) is 36.2 Å². The minimum absolute atomic E-state index is 0.0626. The Hall–Kier alpha value is -1.07. The third kappa shape index (κ3) is 3.70. The number of nitrogens with one attached hydrogen (secondary N) is 1. The number of halogens is 1. The van der Waals surface area contributed by atoms with Crippen molar-refractivity contribution in [2.24, 2.45) is 0 Å². The maximum Gasteiger partial charge on any atom is 0.322 e. The van der Waals surface area contributed by atoms with E-state index in [2.05, 4.69) is 21.2 Å². The number of nitrogens with zero attached hydrogens (tertiary/aromatic N) is 1. The Bertz CT molecular complexity index is 469. The van der Waals surface area contributed by atoms with E-state index in [1.165, 1.54) is 0 Å². The summed E-state index contributed by atoms with van der Waals surface area (Å²) in [6.45, 7) is 7.21. The Morgan fingerprint density at radius 3 is 2.58 bits per heavy atom. The average Bonchev–Trinajstić information content (AvgIpc) is 2.31. The number of urea groups is 1. The number of carbonyl (C=O) groups excluding carboxylic acids is 1. The van der Waals surface area contributed by atoms with Crippen LogP contribution in [-0.2, 0) is 4.74 Å². The quantitative estimate of drug-likeness (QED) is 0.859. The van der Waals surface area contributed by atoms with Crippen LogP contribution in [0, 0.1) is 6.92 Å². The molecule has 2 amide bonds. The summed E-state index contributed by atoms with van der Waals surface area (Å²) < 4.78 is 6.64. The number of morpholine rings is 1. The zero-order valence-electron chi connectivity index (χ0n) is 11.4. The summed E-state index contributed by atoms with van der Waals surface area (Å²) in [6, 6.07) is 5.75. The van der Waals surface area contributed by atoms with Crippen molar-refractivity contribution in [3.8, 4) is 0 Å². The van der Waals surface area contributed by atoms with Gasteiger partial charge in [0.15, 0.2) is 0 Å². The van der Waals surface area contributed by atoms with E-state index in [9.17, 15) is 4.79 Å². The summed E-state index contributed by atoms with van der Waals surface area (Å²) in [5, 5.41) is 2.96. The van der Waals surface area contributed by atoms with Crippen LogP contribution in [0.25, 0.3) is 0 Å². The number of rotatable bonds is 1. The van der Waals surface area contributed by atoms with Crippen molar-refractivity contribution >= 4 is 27.6 Å². The molecule has 0 saturated carbocycles. The molecule has 1 heterocycles. The first-order chi connectivity index (χ1) is 8.95. The van der Waals surface area contributed by atoms with E-state index >= 15 is 0 Å². The minimum Gasteiger partial charge on any atom is -0.372 e. The molecule has 19 heavy (non-hydrogen) atoms. The molecule has 0 aliphatic carbocycles. The Morgan fingerprint density at radius 1 is 1.37 bits per heavy atom. The minimum atomic E-state index is -0.0626. The predicted octanol–water partition coefficient (Wildman–Crippen LogP) is 3.40. The number of aryl methyl sites for hydroxylation is 1. The molecule has 1 aliphatic rings. The molecule has 1 N–H and O–H groups in total. The highest BCUT2D eigenvalue weighted by Crippen LogP contribution is 2.21. The zero-order valence-corrected chi connectivity index (χ0v) is 13.0. The smallest absolute Gasteiger partial charge is 0.322 e. The standard InChI is InChI=1S/C14H19BrN2O2/c1-9-6-12(15)4-5-13(9)16-14(18)17-7-10(2)19-11(3)8-17/h4-6,10-11H,7-8H2,1-3H3,(H,16,18)/t10-,11-/m0/s1. The Morgan fingerprint density at radius 2 is 2.00 bits per heavy atom. The molecule has 2 rings (SSSR count). The summed E-state index contributed by atoms with van der Waals surface area (Å²) in [5.41, 5.74) is 1.89. The molecule has 1 aliphatic heterocycles. The largest absolute Gasteiger partial charge is 0.372 e. The third-order valence-corrected chi connectivity index (χ3v) is 3.63. The first kappa shape index (κ1) is 14.3. The van der Waals surface area contributed by atoms with E-state index in [-0.39, 0.29) is 18.2 Å². The van der Waals surface area contributed by atoms with Crippen LogP contribution in [0.1, 0.15) is 19.4 Å². The fourth-order valence-electron chi connectivity index (χ4n) is 2.31. The van der Waals surface area contributed by atoms with Gasteiger partial charge < -0.3 is 15.0 Å². The van der Waals surface area contributed by atoms with Crippen LogP contribution in [0.3, 0.4) is 0 Å². The summed E-state index contributed by atoms with van der Waals surface area (Å²) in [5.74, 6) is 0. The van der Waals surface area contributed by atoms with Crippen molar-refractivity contribution in [1.82, 2.24) is 4.90 Å². The SMILES string of the molecule is Cc1cc(Br)ccc1NC(=O)N1C[C@H](C)O[C@@H](C)C1. The van der Waals surface area contributed by atoms with E-state index < -0.39 is 0 Å². The highest BCUT2D eigenvalue weighted by Gasteiger charge is 2.25. The van der Waals surface area contributed by atoms with E-state index in [0.717, 1.165) is 15.7 Å². The maximum atomic E-state index is 12.2. The van der Waals surface area contributed by atoms with E-state index in [1.54, 1.807) is 4.90 Å². The van der Waals surface area contributed by atoms with Gasteiger partial charge >= 0.3 is 6.03 Å². The van der Waals surface area contributed by atoms with Crippen molar-refractivity contribution in [2.75, 3.05) is 18.4 Å². The molecule has 0 unspecified atom stereocenters. The molecule has 104 valence electrons. The molecule has 1 saturated heterocycles. The van der Waals surface area contributed by atoms with Gasteiger partial charge in [0.2, 0.25) is 0 Å². The summed E-state index contributed by atoms with van der Waals surface area (Å²) in [4.78, 5) is 14.0. The van der Waals surface area contributed by atoms with Crippen LogP contribution in [0.4, 0.5) is 10.5 Å². The van der Waals surface area contributed by atoms with E-state index in [4.69, 9.17) is 4.74 Å². The third-order valence-electron chi connectivity index (χ3n) is 3.14. The number of carbonyl (C=O) groups is 1. The van der Waals surface area contributed by atoms with Gasteiger partial charge in [-0.25, -0.2) is 4.79 Å². The number of hydrogen-bond acceptors (Lipinski definition) is 2. The van der Waals surface area contributed by atoms with Gasteiger partial charge in [-0.3, -0.25) is 0 Å². The topological polar surface area (TPSA) is 41.6 Å². The molecule has 0 bridgehead atoms. The molecular weight excluding hydrogens is 308 g/mol. The molecule has 1 fully saturated rings. The van der Waals surface area contributed by atoms with Gasteiger partial charge in [0, 0.05) is 23.2 Å². The Labute approximate surface area is 122 Å². The number of anilines is 1. The second-order valence-corrected chi connectivity index (χ2v) is 5.97. The molecule has 4 nitrogen and oxygen atoms in total. The van der Waals surface area contributed by atoms with Gasteiger partial charge in [-0.1, -0.05) is 15.9 Å². The molecule has 1 aromatic carbocycles. The molecular formula is C14H19BrN2O2. The van der Waals surface area contributed by atoms with Crippen LogP contribution in [0.2, 0.25) is 0 Å². The summed E-state index contributed by atoms with van der Waals surface area (Å²) in [6.07, 6.45) is 0.168. The lowest BCUT2D eigenvalue weighted by molar-refractivity contribution is -0.0530. The monoisotopic (exact) mass is 326 g/mol. The molecule has 0 radical (unpaired) electrons. The van der Waals surface area contributed by atoms with E-state index in [1.807, 2.05) is 39.0 Å². The van der Waals surface area contributed by atoms with Crippen molar-refractivity contribution in [3.05, 3.63) is 28.2 Å². The molecule has 0 spiro atoms. The fraction of sp³-hybridized carbons (Fsp3) is 0.500. The second kappa shape index (κ2) is 5.92. The lowest BCUT2D eigenvalue weighted by Crippen LogP contribution is -2.49. The molecule has 1 aromatic rings. The Kier molecular flexibility index (Phi) is 4.47. The van der Waals surface area contributed by atoms with Crippen LogP contribution >= 0.6 is 15.9 Å². The van der Waals surface area contributed by atoms with Gasteiger partial charge in [-0.05, 0) is 44.5 Å². The fourth-order valence-corrected chi connectivity index (χ4v) is 2.78. The van der Waals surface area contributed by atoms with Gasteiger partial charge in [0.1, 0.15) is 0 Å². The van der Waals surface area contributed by atoms with Gasteiger partial charge in [0.05, 0.1) is 12.2 Å². The average molecular weight is 327 g/mol. The van der Waals surface area contributed by atoms with Gasteiger partial charge in [0.25, 0.3) is 0 Å². The predicted molar refractivity (Wildman–Crippen MR) is 79.5 cm³/mol. The van der Waals surface area contributed by atoms with Crippen LogP contribution < -0.4 is 5.32 Å². The molecule has 2 atom stereocenters. The molecule has 5 heteroatoms. The maximum absolute atomic E-state index is 12.2. The zero-order chi connectivity index (χ0) is 14.0. The Balaban J connectivity index is 2.04. The number of hydrogen-bond donors (Lipinski definition) is 1. The first-order valence-electron chi connectivity index (χ1n) is 6.43. The highest BCUT2D eigenvalue weighted by atomic mass is 79.9.